The van der Waals surface area contributed by atoms with E-state index in [2.05, 4.69) is 24.3 Å². The first kappa shape index (κ1) is 29.3. The number of benzene rings is 4. The lowest BCUT2D eigenvalue weighted by Crippen LogP contribution is -2.05. The van der Waals surface area contributed by atoms with Crippen LogP contribution < -0.4 is 4.74 Å². The van der Waals surface area contributed by atoms with Crippen molar-refractivity contribution in [1.29, 1.82) is 5.26 Å². The Morgan fingerprint density at radius 3 is 2.17 bits per heavy atom. The second-order valence-corrected chi connectivity index (χ2v) is 10.1. The highest BCUT2D eigenvalue weighted by Crippen LogP contribution is 2.22. The van der Waals surface area contributed by atoms with Gasteiger partial charge in [0.05, 0.1) is 31.4 Å². The Bertz CT molecular complexity index is 1500. The maximum absolute atomic E-state index is 14.3. The summed E-state index contributed by atoms with van der Waals surface area (Å²) in [5.41, 5.74) is 6.59. The molecule has 0 aliphatic carbocycles. The SMILES string of the molecule is COC(=O)c1ccc(CCC(C=Cc2cc(F)ccc2CCc2ccc(OC)cc2)Cc2ccc(C#N)cc2)cc1. The Hall–Kier alpha value is -4.69. The van der Waals surface area contributed by atoms with Gasteiger partial charge in [-0.25, -0.2) is 9.18 Å². The predicted octanol–water partition coefficient (Wildman–Crippen LogP) is 7.78. The summed E-state index contributed by atoms with van der Waals surface area (Å²) in [5.74, 6) is 0.399. The first-order valence-electron chi connectivity index (χ1n) is 13.7. The lowest BCUT2D eigenvalue weighted by atomic mass is 9.90. The quantitative estimate of drug-likeness (QED) is 0.170. The van der Waals surface area contributed by atoms with Gasteiger partial charge in [-0.05, 0) is 114 Å². The average Bonchev–Trinajstić information content (AvgIpc) is 3.02. The van der Waals surface area contributed by atoms with Gasteiger partial charge in [0.1, 0.15) is 11.6 Å². The van der Waals surface area contributed by atoms with Gasteiger partial charge in [0, 0.05) is 0 Å². The van der Waals surface area contributed by atoms with E-state index in [0.717, 1.165) is 60.1 Å². The molecule has 1 atom stereocenters. The topological polar surface area (TPSA) is 59.3 Å². The fourth-order valence-corrected chi connectivity index (χ4v) is 4.82. The van der Waals surface area contributed by atoms with Crippen LogP contribution in [0, 0.1) is 23.1 Å². The van der Waals surface area contributed by atoms with Gasteiger partial charge in [0.25, 0.3) is 0 Å². The van der Waals surface area contributed by atoms with Crippen LogP contribution in [0.25, 0.3) is 6.08 Å². The lowest BCUT2D eigenvalue weighted by Gasteiger charge is -2.15. The van der Waals surface area contributed by atoms with E-state index >= 15 is 0 Å². The number of allylic oxidation sites excluding steroid dienone is 1. The normalized spacial score (nSPS) is 11.7. The Morgan fingerprint density at radius 1 is 0.854 bits per heavy atom. The fraction of sp³-hybridized carbons (Fsp3) is 0.222. The van der Waals surface area contributed by atoms with Crippen LogP contribution >= 0.6 is 0 Å². The molecule has 0 aliphatic heterocycles. The molecule has 4 aromatic carbocycles. The van der Waals surface area contributed by atoms with Crippen LogP contribution in [0.5, 0.6) is 5.75 Å². The minimum atomic E-state index is -0.351. The molecule has 0 spiro atoms. The minimum Gasteiger partial charge on any atom is -0.497 e. The largest absolute Gasteiger partial charge is 0.497 e. The zero-order chi connectivity index (χ0) is 29.0. The van der Waals surface area contributed by atoms with Gasteiger partial charge < -0.3 is 9.47 Å². The zero-order valence-electron chi connectivity index (χ0n) is 23.5. The Morgan fingerprint density at radius 2 is 1.51 bits per heavy atom. The van der Waals surface area contributed by atoms with Crippen LogP contribution in [-0.2, 0) is 30.4 Å². The van der Waals surface area contributed by atoms with Gasteiger partial charge in [-0.3, -0.25) is 0 Å². The molecular formula is C36H34FNO3. The number of ether oxygens (including phenoxy) is 2. The molecule has 0 aliphatic rings. The van der Waals surface area contributed by atoms with Gasteiger partial charge >= 0.3 is 5.97 Å². The third-order valence-corrected chi connectivity index (χ3v) is 7.26. The van der Waals surface area contributed by atoms with Gasteiger partial charge in [-0.15, -0.1) is 0 Å². The van der Waals surface area contributed by atoms with Gasteiger partial charge in [-0.2, -0.15) is 5.26 Å². The number of halogens is 1. The Balaban J connectivity index is 1.51. The van der Waals surface area contributed by atoms with Gasteiger partial charge in [0.15, 0.2) is 0 Å². The predicted molar refractivity (Wildman–Crippen MR) is 160 cm³/mol. The molecule has 4 nitrogen and oxygen atoms in total. The third-order valence-electron chi connectivity index (χ3n) is 7.26. The molecule has 0 heterocycles. The van der Waals surface area contributed by atoms with E-state index < -0.39 is 0 Å². The molecule has 4 aromatic rings. The van der Waals surface area contributed by atoms with Crippen LogP contribution in [0.2, 0.25) is 0 Å². The summed E-state index contributed by atoms with van der Waals surface area (Å²) in [4.78, 5) is 11.8. The smallest absolute Gasteiger partial charge is 0.337 e. The molecule has 0 N–H and O–H groups in total. The molecule has 0 bridgehead atoms. The van der Waals surface area contributed by atoms with Crippen molar-refractivity contribution in [2.75, 3.05) is 14.2 Å². The molecule has 0 aromatic heterocycles. The Labute approximate surface area is 241 Å². The summed E-state index contributed by atoms with van der Waals surface area (Å²) in [6.45, 7) is 0. The van der Waals surface area contributed by atoms with Crippen molar-refractivity contribution in [3.63, 3.8) is 0 Å². The van der Waals surface area contributed by atoms with Crippen LogP contribution in [0.4, 0.5) is 4.39 Å². The second-order valence-electron chi connectivity index (χ2n) is 10.1. The van der Waals surface area contributed by atoms with E-state index in [1.165, 1.54) is 18.7 Å². The van der Waals surface area contributed by atoms with Crippen molar-refractivity contribution >= 4 is 12.0 Å². The summed E-state index contributed by atoms with van der Waals surface area (Å²) in [6.07, 6.45) is 8.32. The summed E-state index contributed by atoms with van der Waals surface area (Å²) < 4.78 is 24.4. The highest BCUT2D eigenvalue weighted by molar-refractivity contribution is 5.89. The van der Waals surface area contributed by atoms with Gasteiger partial charge in [-0.1, -0.05) is 54.6 Å². The first-order chi connectivity index (χ1) is 20.0. The molecule has 0 saturated carbocycles. The number of rotatable bonds is 12. The number of nitriles is 1. The lowest BCUT2D eigenvalue weighted by molar-refractivity contribution is 0.0600. The number of carbonyl (C=O) groups excluding carboxylic acids is 1. The molecular weight excluding hydrogens is 513 g/mol. The molecule has 4 rings (SSSR count). The molecule has 0 radical (unpaired) electrons. The second kappa shape index (κ2) is 14.6. The summed E-state index contributed by atoms with van der Waals surface area (Å²) in [7, 11) is 3.03. The molecule has 5 heteroatoms. The van der Waals surface area contributed by atoms with Crippen LogP contribution in [0.15, 0.2) is 97.1 Å². The summed E-state index contributed by atoms with van der Waals surface area (Å²) in [6, 6.07) is 30.3. The number of hydrogen-bond acceptors (Lipinski definition) is 4. The number of nitrogens with zero attached hydrogens (tertiary/aromatic N) is 1. The maximum atomic E-state index is 14.3. The number of carbonyl (C=O) groups is 1. The molecule has 0 amide bonds. The summed E-state index contributed by atoms with van der Waals surface area (Å²) in [5, 5.41) is 9.16. The number of methoxy groups -OCH3 is 2. The van der Waals surface area contributed by atoms with Crippen LogP contribution in [0.1, 0.15) is 50.2 Å². The van der Waals surface area contributed by atoms with E-state index in [9.17, 15) is 9.18 Å². The average molecular weight is 548 g/mol. The molecule has 0 saturated heterocycles. The maximum Gasteiger partial charge on any atom is 0.337 e. The van der Waals surface area contributed by atoms with Crippen LogP contribution in [0.3, 0.4) is 0 Å². The number of hydrogen-bond donors (Lipinski definition) is 0. The van der Waals surface area contributed by atoms with Crippen molar-refractivity contribution in [3.8, 4) is 11.8 Å². The highest BCUT2D eigenvalue weighted by atomic mass is 19.1. The zero-order valence-corrected chi connectivity index (χ0v) is 23.5. The van der Waals surface area contributed by atoms with Crippen molar-refractivity contribution < 1.29 is 18.7 Å². The first-order valence-corrected chi connectivity index (χ1v) is 13.7. The van der Waals surface area contributed by atoms with Crippen molar-refractivity contribution in [2.45, 2.75) is 32.1 Å². The van der Waals surface area contributed by atoms with Crippen molar-refractivity contribution in [1.82, 2.24) is 0 Å². The molecule has 0 fully saturated rings. The molecule has 1 unspecified atom stereocenters. The monoisotopic (exact) mass is 547 g/mol. The number of esters is 1. The fourth-order valence-electron chi connectivity index (χ4n) is 4.82. The third kappa shape index (κ3) is 8.65. The molecule has 208 valence electrons. The minimum absolute atomic E-state index is 0.181. The van der Waals surface area contributed by atoms with E-state index in [4.69, 9.17) is 14.7 Å². The standard InChI is InChI=1S/C36H34FNO3/c1-40-35-21-13-27(14-22-35)9-15-31-19-20-34(37)24-33(31)18-12-29(23-28-5-7-30(25-38)8-6-28)4-3-26-10-16-32(17-11-26)36(39)41-2/h5-8,10-14,16-22,24,29H,3-4,9,15,23H2,1-2H3. The van der Waals surface area contributed by atoms with E-state index in [-0.39, 0.29) is 17.7 Å². The van der Waals surface area contributed by atoms with Crippen LogP contribution in [-0.4, -0.2) is 20.2 Å². The van der Waals surface area contributed by atoms with Crippen molar-refractivity contribution in [2.24, 2.45) is 5.92 Å². The highest BCUT2D eigenvalue weighted by Gasteiger charge is 2.11. The van der Waals surface area contributed by atoms with Crippen molar-refractivity contribution in [3.05, 3.63) is 142 Å². The summed E-state index contributed by atoms with van der Waals surface area (Å²) >= 11 is 0. The Kier molecular flexibility index (Phi) is 10.5. The van der Waals surface area contributed by atoms with E-state index in [0.29, 0.717) is 11.1 Å². The number of aryl methyl sites for hydroxylation is 3. The van der Waals surface area contributed by atoms with E-state index in [1.54, 1.807) is 25.3 Å². The molecule has 41 heavy (non-hydrogen) atoms. The van der Waals surface area contributed by atoms with E-state index in [1.807, 2.05) is 60.7 Å². The van der Waals surface area contributed by atoms with Gasteiger partial charge in [0.2, 0.25) is 0 Å².